The van der Waals surface area contributed by atoms with Crippen molar-refractivity contribution in [2.75, 3.05) is 0 Å². The monoisotopic (exact) mass is 306 g/mol. The Hall–Kier alpha value is -0.120. The van der Waals surface area contributed by atoms with Crippen LogP contribution in [0, 0.1) is 5.82 Å². The highest BCUT2D eigenvalue weighted by molar-refractivity contribution is 9.10. The molecule has 1 nitrogen and oxygen atoms in total. The van der Waals surface area contributed by atoms with Crippen molar-refractivity contribution in [3.63, 3.8) is 0 Å². The third kappa shape index (κ3) is 2.27. The third-order valence-electron chi connectivity index (χ3n) is 3.19. The fourth-order valence-electron chi connectivity index (χ4n) is 2.30. The van der Waals surface area contributed by atoms with E-state index in [1.807, 2.05) is 0 Å². The highest BCUT2D eigenvalue weighted by Crippen LogP contribution is 2.38. The standard InChI is InChI=1S/C12H13BrClFO/c13-9-6-5-8(12(15)11(9)14)7-3-1-2-4-10(7)16/h5-7,10,16H,1-4H2. The first-order chi connectivity index (χ1) is 7.61. The minimum Gasteiger partial charge on any atom is -0.392 e. The smallest absolute Gasteiger partial charge is 0.146 e. The summed E-state index contributed by atoms with van der Waals surface area (Å²) in [4.78, 5) is 0. The van der Waals surface area contributed by atoms with Gasteiger partial charge in [0.25, 0.3) is 0 Å². The van der Waals surface area contributed by atoms with Crippen LogP contribution in [0.25, 0.3) is 0 Å². The highest BCUT2D eigenvalue weighted by atomic mass is 79.9. The van der Waals surface area contributed by atoms with Gasteiger partial charge in [-0.2, -0.15) is 0 Å². The summed E-state index contributed by atoms with van der Waals surface area (Å²) in [5.74, 6) is -0.513. The maximum Gasteiger partial charge on any atom is 0.146 e. The van der Waals surface area contributed by atoms with Crippen molar-refractivity contribution in [1.29, 1.82) is 0 Å². The molecule has 0 aromatic heterocycles. The number of benzene rings is 1. The van der Waals surface area contributed by atoms with Crippen LogP contribution in [-0.2, 0) is 0 Å². The molecule has 0 heterocycles. The Morgan fingerprint density at radius 1 is 1.31 bits per heavy atom. The molecule has 2 atom stereocenters. The number of hydrogen-bond donors (Lipinski definition) is 1. The van der Waals surface area contributed by atoms with E-state index in [2.05, 4.69) is 15.9 Å². The minimum atomic E-state index is -0.444. The van der Waals surface area contributed by atoms with Gasteiger partial charge in [0.2, 0.25) is 0 Å². The van der Waals surface area contributed by atoms with E-state index in [1.165, 1.54) is 0 Å². The molecule has 2 unspecified atom stereocenters. The van der Waals surface area contributed by atoms with E-state index in [0.29, 0.717) is 10.0 Å². The molecule has 1 aromatic rings. The largest absolute Gasteiger partial charge is 0.392 e. The summed E-state index contributed by atoms with van der Waals surface area (Å²) in [6, 6.07) is 3.45. The maximum atomic E-state index is 13.9. The molecule has 4 heteroatoms. The molecule has 88 valence electrons. The summed E-state index contributed by atoms with van der Waals surface area (Å²) in [5.41, 5.74) is 0.542. The fraction of sp³-hybridized carbons (Fsp3) is 0.500. The van der Waals surface area contributed by atoms with Crippen molar-refractivity contribution in [3.05, 3.63) is 33.0 Å². The lowest BCUT2D eigenvalue weighted by atomic mass is 9.81. The van der Waals surface area contributed by atoms with Gasteiger partial charge in [0.15, 0.2) is 0 Å². The number of aliphatic hydroxyl groups excluding tert-OH is 1. The Kier molecular flexibility index (Phi) is 3.88. The van der Waals surface area contributed by atoms with Gasteiger partial charge >= 0.3 is 0 Å². The predicted molar refractivity (Wildman–Crippen MR) is 66.3 cm³/mol. The lowest BCUT2D eigenvalue weighted by Gasteiger charge is -2.28. The molecule has 0 radical (unpaired) electrons. The van der Waals surface area contributed by atoms with Crippen LogP contribution < -0.4 is 0 Å². The van der Waals surface area contributed by atoms with Crippen LogP contribution in [-0.4, -0.2) is 11.2 Å². The predicted octanol–water partition coefficient (Wildman–Crippen LogP) is 4.26. The number of aliphatic hydroxyl groups is 1. The number of hydrogen-bond acceptors (Lipinski definition) is 1. The topological polar surface area (TPSA) is 20.2 Å². The van der Waals surface area contributed by atoms with Crippen LogP contribution in [0.5, 0.6) is 0 Å². The van der Waals surface area contributed by atoms with E-state index in [1.54, 1.807) is 12.1 Å². The average molecular weight is 308 g/mol. The molecular weight excluding hydrogens is 294 g/mol. The summed E-state index contributed by atoms with van der Waals surface area (Å²) in [6.07, 6.45) is 3.19. The molecule has 1 N–H and O–H groups in total. The summed E-state index contributed by atoms with van der Waals surface area (Å²) >= 11 is 9.03. The molecule has 1 fully saturated rings. The second-order valence-electron chi connectivity index (χ2n) is 4.22. The molecule has 16 heavy (non-hydrogen) atoms. The van der Waals surface area contributed by atoms with Gasteiger partial charge in [-0.3, -0.25) is 0 Å². The van der Waals surface area contributed by atoms with Crippen LogP contribution in [0.3, 0.4) is 0 Å². The van der Waals surface area contributed by atoms with Crippen LogP contribution in [0.2, 0.25) is 5.02 Å². The zero-order chi connectivity index (χ0) is 11.7. The van der Waals surface area contributed by atoms with Crippen LogP contribution in [0.15, 0.2) is 16.6 Å². The van der Waals surface area contributed by atoms with Gasteiger partial charge in [0.1, 0.15) is 5.82 Å². The fourth-order valence-corrected chi connectivity index (χ4v) is 2.78. The van der Waals surface area contributed by atoms with E-state index in [0.717, 1.165) is 25.7 Å². The molecule has 0 amide bonds. The normalized spacial score (nSPS) is 25.8. The Balaban J connectivity index is 2.36. The van der Waals surface area contributed by atoms with Gasteiger partial charge in [-0.25, -0.2) is 4.39 Å². The van der Waals surface area contributed by atoms with E-state index in [9.17, 15) is 9.50 Å². The molecular formula is C12H13BrClFO. The van der Waals surface area contributed by atoms with Gasteiger partial charge in [0, 0.05) is 10.4 Å². The number of rotatable bonds is 1. The van der Waals surface area contributed by atoms with Gasteiger partial charge in [-0.05, 0) is 40.4 Å². The Labute approximate surface area is 108 Å². The Bertz CT molecular complexity index is 397. The van der Waals surface area contributed by atoms with Crippen molar-refractivity contribution in [2.24, 2.45) is 0 Å². The van der Waals surface area contributed by atoms with Crippen LogP contribution in [0.1, 0.15) is 37.2 Å². The van der Waals surface area contributed by atoms with Crippen molar-refractivity contribution in [1.82, 2.24) is 0 Å². The molecule has 1 aromatic carbocycles. The van der Waals surface area contributed by atoms with Crippen LogP contribution in [0.4, 0.5) is 4.39 Å². The van der Waals surface area contributed by atoms with Crippen molar-refractivity contribution < 1.29 is 9.50 Å². The van der Waals surface area contributed by atoms with E-state index < -0.39 is 11.9 Å². The first-order valence-corrected chi connectivity index (χ1v) is 6.60. The highest BCUT2D eigenvalue weighted by Gasteiger charge is 2.27. The lowest BCUT2D eigenvalue weighted by molar-refractivity contribution is 0.104. The van der Waals surface area contributed by atoms with E-state index in [4.69, 9.17) is 11.6 Å². The first-order valence-electron chi connectivity index (χ1n) is 5.42. The maximum absolute atomic E-state index is 13.9. The van der Waals surface area contributed by atoms with Gasteiger partial charge < -0.3 is 5.11 Å². The molecule has 1 saturated carbocycles. The molecule has 1 aliphatic rings. The second kappa shape index (κ2) is 5.03. The molecule has 0 saturated heterocycles. The summed E-state index contributed by atoms with van der Waals surface area (Å²) in [6.45, 7) is 0. The first kappa shape index (κ1) is 12.3. The quantitative estimate of drug-likeness (QED) is 0.769. The van der Waals surface area contributed by atoms with Gasteiger partial charge in [-0.15, -0.1) is 0 Å². The Morgan fingerprint density at radius 2 is 2.00 bits per heavy atom. The van der Waals surface area contributed by atoms with Crippen molar-refractivity contribution in [3.8, 4) is 0 Å². The summed E-state index contributed by atoms with van der Waals surface area (Å²) in [7, 11) is 0. The molecule has 2 rings (SSSR count). The third-order valence-corrected chi connectivity index (χ3v) is 4.45. The average Bonchev–Trinajstić information content (AvgIpc) is 2.28. The molecule has 0 aliphatic heterocycles. The second-order valence-corrected chi connectivity index (χ2v) is 5.46. The van der Waals surface area contributed by atoms with Crippen molar-refractivity contribution >= 4 is 27.5 Å². The Morgan fingerprint density at radius 3 is 2.69 bits per heavy atom. The van der Waals surface area contributed by atoms with E-state index in [-0.39, 0.29) is 10.9 Å². The molecule has 1 aliphatic carbocycles. The molecule has 0 bridgehead atoms. The summed E-state index contributed by atoms with van der Waals surface area (Å²) in [5, 5.41) is 9.99. The lowest BCUT2D eigenvalue weighted by Crippen LogP contribution is -2.23. The zero-order valence-electron chi connectivity index (χ0n) is 8.72. The van der Waals surface area contributed by atoms with Gasteiger partial charge in [0.05, 0.1) is 11.1 Å². The minimum absolute atomic E-state index is 0.107. The SMILES string of the molecule is OC1CCCCC1c1ccc(Br)c(Cl)c1F. The summed E-state index contributed by atoms with van der Waals surface area (Å²) < 4.78 is 14.5. The zero-order valence-corrected chi connectivity index (χ0v) is 11.1. The van der Waals surface area contributed by atoms with Gasteiger partial charge in [-0.1, -0.05) is 30.5 Å². The number of halogens is 3. The molecule has 0 spiro atoms. The van der Waals surface area contributed by atoms with Crippen molar-refractivity contribution in [2.45, 2.75) is 37.7 Å². The van der Waals surface area contributed by atoms with Crippen LogP contribution >= 0.6 is 27.5 Å². The van der Waals surface area contributed by atoms with E-state index >= 15 is 0 Å².